The second-order valence-corrected chi connectivity index (χ2v) is 7.79. The molecule has 5 heteroatoms. The molecule has 3 aromatic carbocycles. The maximum Gasteiger partial charge on any atom is 0.113 e. The highest BCUT2D eigenvalue weighted by molar-refractivity contribution is 9.10. The molecule has 27 heavy (non-hydrogen) atoms. The Balaban J connectivity index is 1.71. The van der Waals surface area contributed by atoms with Gasteiger partial charge >= 0.3 is 0 Å². The smallest absolute Gasteiger partial charge is 0.113 e. The van der Waals surface area contributed by atoms with Gasteiger partial charge in [0.05, 0.1) is 17.1 Å². The number of imidazole rings is 1. The third-order valence-electron chi connectivity index (χ3n) is 4.63. The van der Waals surface area contributed by atoms with E-state index < -0.39 is 6.10 Å². The van der Waals surface area contributed by atoms with Crippen molar-refractivity contribution in [1.82, 2.24) is 9.55 Å². The first-order valence-electron chi connectivity index (χ1n) is 8.73. The van der Waals surface area contributed by atoms with Crippen molar-refractivity contribution in [3.8, 4) is 0 Å². The molecule has 1 heterocycles. The maximum absolute atomic E-state index is 10.8. The predicted octanol–water partition coefficient (Wildman–Crippen LogP) is 5.78. The molecule has 0 aliphatic rings. The van der Waals surface area contributed by atoms with E-state index in [0.717, 1.165) is 26.9 Å². The number of hydrogen-bond donors (Lipinski definition) is 1. The molecule has 0 saturated carbocycles. The van der Waals surface area contributed by atoms with E-state index in [-0.39, 0.29) is 0 Å². The summed E-state index contributed by atoms with van der Waals surface area (Å²) in [5.74, 6) is 0.839. The van der Waals surface area contributed by atoms with Gasteiger partial charge < -0.3 is 9.67 Å². The van der Waals surface area contributed by atoms with Crippen LogP contribution in [0.15, 0.2) is 77.3 Å². The summed E-state index contributed by atoms with van der Waals surface area (Å²) < 4.78 is 3.22. The molecule has 1 atom stereocenters. The number of halogens is 2. The molecular formula is C22H18BrClN2O. The van der Waals surface area contributed by atoms with Gasteiger partial charge in [0, 0.05) is 22.5 Å². The normalized spacial score (nSPS) is 12.4. The van der Waals surface area contributed by atoms with Crippen LogP contribution in [0.1, 0.15) is 23.1 Å². The van der Waals surface area contributed by atoms with Crippen molar-refractivity contribution in [3.05, 3.63) is 99.2 Å². The van der Waals surface area contributed by atoms with Gasteiger partial charge in [0.15, 0.2) is 0 Å². The van der Waals surface area contributed by atoms with Crippen LogP contribution in [0.3, 0.4) is 0 Å². The third kappa shape index (κ3) is 3.93. The minimum Gasteiger partial charge on any atom is -0.388 e. The predicted molar refractivity (Wildman–Crippen MR) is 113 cm³/mol. The summed E-state index contributed by atoms with van der Waals surface area (Å²) in [7, 11) is 0. The summed E-state index contributed by atoms with van der Waals surface area (Å²) in [6.45, 7) is 0.693. The fourth-order valence-electron chi connectivity index (χ4n) is 3.26. The standard InChI is InChI=1S/C22H18BrClN2O/c23-16-11-9-15(10-12-16)14-26-20-8-4-3-7-19(20)25-22(26)13-21(27)17-5-1-2-6-18(17)24/h1-12,21,27H,13-14H2. The van der Waals surface area contributed by atoms with E-state index in [2.05, 4.69) is 38.7 Å². The topological polar surface area (TPSA) is 38.1 Å². The Morgan fingerprint density at radius 3 is 2.44 bits per heavy atom. The molecule has 0 spiro atoms. The van der Waals surface area contributed by atoms with Crippen LogP contribution in [-0.2, 0) is 13.0 Å². The first-order chi connectivity index (χ1) is 13.1. The van der Waals surface area contributed by atoms with E-state index in [9.17, 15) is 5.11 Å². The molecule has 0 radical (unpaired) electrons. The van der Waals surface area contributed by atoms with Crippen molar-refractivity contribution in [3.63, 3.8) is 0 Å². The van der Waals surface area contributed by atoms with Crippen LogP contribution in [0.4, 0.5) is 0 Å². The lowest BCUT2D eigenvalue weighted by atomic mass is 10.1. The van der Waals surface area contributed by atoms with Crippen LogP contribution in [0.25, 0.3) is 11.0 Å². The molecule has 3 nitrogen and oxygen atoms in total. The lowest BCUT2D eigenvalue weighted by Crippen LogP contribution is -2.10. The van der Waals surface area contributed by atoms with Crippen LogP contribution in [0.5, 0.6) is 0 Å². The monoisotopic (exact) mass is 440 g/mol. The summed E-state index contributed by atoms with van der Waals surface area (Å²) in [6, 6.07) is 23.7. The molecule has 0 aliphatic carbocycles. The van der Waals surface area contributed by atoms with E-state index in [1.54, 1.807) is 6.07 Å². The Morgan fingerprint density at radius 1 is 0.963 bits per heavy atom. The molecule has 4 rings (SSSR count). The molecule has 0 aliphatic heterocycles. The molecule has 0 fully saturated rings. The molecule has 136 valence electrons. The molecule has 0 bridgehead atoms. The van der Waals surface area contributed by atoms with Crippen molar-refractivity contribution in [2.75, 3.05) is 0 Å². The van der Waals surface area contributed by atoms with E-state index in [1.165, 1.54) is 5.56 Å². The molecule has 1 aromatic heterocycles. The van der Waals surface area contributed by atoms with Gasteiger partial charge in [-0.25, -0.2) is 4.98 Å². The van der Waals surface area contributed by atoms with Crippen LogP contribution in [-0.4, -0.2) is 14.7 Å². The van der Waals surface area contributed by atoms with E-state index in [0.29, 0.717) is 18.0 Å². The van der Waals surface area contributed by atoms with Crippen LogP contribution >= 0.6 is 27.5 Å². The van der Waals surface area contributed by atoms with Crippen molar-refractivity contribution < 1.29 is 5.11 Å². The molecular weight excluding hydrogens is 424 g/mol. The van der Waals surface area contributed by atoms with Gasteiger partial charge in [-0.05, 0) is 41.5 Å². The number of nitrogens with zero attached hydrogens (tertiary/aromatic N) is 2. The number of hydrogen-bond acceptors (Lipinski definition) is 2. The lowest BCUT2D eigenvalue weighted by Gasteiger charge is -2.14. The van der Waals surface area contributed by atoms with Gasteiger partial charge in [0.2, 0.25) is 0 Å². The summed E-state index contributed by atoms with van der Waals surface area (Å²) >= 11 is 9.74. The Kier molecular flexibility index (Phi) is 5.30. The SMILES string of the molecule is OC(Cc1nc2ccccc2n1Cc1ccc(Br)cc1)c1ccccc1Cl. The number of benzene rings is 3. The number of para-hydroxylation sites is 2. The Hall–Kier alpha value is -2.14. The van der Waals surface area contributed by atoms with Crippen LogP contribution < -0.4 is 0 Å². The number of aliphatic hydroxyl groups excluding tert-OH is 1. The minimum absolute atomic E-state index is 0.398. The van der Waals surface area contributed by atoms with E-state index in [1.807, 2.05) is 48.5 Å². The Morgan fingerprint density at radius 2 is 1.67 bits per heavy atom. The number of rotatable bonds is 5. The van der Waals surface area contributed by atoms with Gasteiger partial charge in [-0.15, -0.1) is 0 Å². The van der Waals surface area contributed by atoms with Crippen LogP contribution in [0.2, 0.25) is 5.02 Å². The number of aromatic nitrogens is 2. The number of fused-ring (bicyclic) bond motifs is 1. The second kappa shape index (κ2) is 7.85. The maximum atomic E-state index is 10.8. The molecule has 4 aromatic rings. The molecule has 1 N–H and O–H groups in total. The minimum atomic E-state index is -0.709. The number of aliphatic hydroxyl groups is 1. The highest BCUT2D eigenvalue weighted by Crippen LogP contribution is 2.27. The fraction of sp³-hybridized carbons (Fsp3) is 0.136. The van der Waals surface area contributed by atoms with Crippen molar-refractivity contribution in [2.24, 2.45) is 0 Å². The summed E-state index contributed by atoms with van der Waals surface area (Å²) in [5.41, 5.74) is 3.88. The van der Waals surface area contributed by atoms with Gasteiger partial charge in [-0.1, -0.05) is 70.0 Å². The first-order valence-corrected chi connectivity index (χ1v) is 9.90. The second-order valence-electron chi connectivity index (χ2n) is 6.47. The summed E-state index contributed by atoms with van der Waals surface area (Å²) in [5, 5.41) is 11.3. The highest BCUT2D eigenvalue weighted by Gasteiger charge is 2.18. The van der Waals surface area contributed by atoms with Gasteiger partial charge in [-0.2, -0.15) is 0 Å². The van der Waals surface area contributed by atoms with Crippen molar-refractivity contribution in [1.29, 1.82) is 0 Å². The molecule has 0 amide bonds. The van der Waals surface area contributed by atoms with Crippen molar-refractivity contribution in [2.45, 2.75) is 19.1 Å². The quantitative estimate of drug-likeness (QED) is 0.426. The van der Waals surface area contributed by atoms with Gasteiger partial charge in [-0.3, -0.25) is 0 Å². The zero-order valence-corrected chi connectivity index (χ0v) is 16.9. The largest absolute Gasteiger partial charge is 0.388 e. The van der Waals surface area contributed by atoms with Gasteiger partial charge in [0.25, 0.3) is 0 Å². The average molecular weight is 442 g/mol. The summed E-state index contributed by atoms with van der Waals surface area (Å²) in [6.07, 6.45) is -0.311. The third-order valence-corrected chi connectivity index (χ3v) is 5.50. The van der Waals surface area contributed by atoms with Crippen LogP contribution in [0, 0.1) is 0 Å². The zero-order chi connectivity index (χ0) is 18.8. The fourth-order valence-corrected chi connectivity index (χ4v) is 3.78. The Labute approximate surface area is 171 Å². The highest BCUT2D eigenvalue weighted by atomic mass is 79.9. The lowest BCUT2D eigenvalue weighted by molar-refractivity contribution is 0.175. The van der Waals surface area contributed by atoms with Gasteiger partial charge in [0.1, 0.15) is 5.82 Å². The zero-order valence-electron chi connectivity index (χ0n) is 14.5. The average Bonchev–Trinajstić information content (AvgIpc) is 3.01. The molecule has 1 unspecified atom stereocenters. The Bertz CT molecular complexity index is 1080. The summed E-state index contributed by atoms with van der Waals surface area (Å²) in [4.78, 5) is 4.77. The first kappa shape index (κ1) is 18.2. The van der Waals surface area contributed by atoms with Crippen molar-refractivity contribution >= 4 is 38.6 Å². The molecule has 0 saturated heterocycles. The van der Waals surface area contributed by atoms with E-state index >= 15 is 0 Å². The van der Waals surface area contributed by atoms with E-state index in [4.69, 9.17) is 16.6 Å².